The van der Waals surface area contributed by atoms with E-state index in [9.17, 15) is 0 Å². The minimum absolute atomic E-state index is 0.643. The lowest BCUT2D eigenvalue weighted by molar-refractivity contribution is 0.0478. The molecule has 1 aromatic heterocycles. The molecule has 0 saturated carbocycles. The van der Waals surface area contributed by atoms with Crippen molar-refractivity contribution in [2.45, 2.75) is 56.8 Å². The Kier molecular flexibility index (Phi) is 3.48. The summed E-state index contributed by atoms with van der Waals surface area (Å²) in [5, 5.41) is 4.93. The smallest absolute Gasteiger partial charge is 0.134 e. The molecule has 1 N–H and O–H groups in total. The van der Waals surface area contributed by atoms with E-state index in [1.807, 2.05) is 12.1 Å². The van der Waals surface area contributed by atoms with E-state index in [2.05, 4.69) is 35.5 Å². The Bertz CT molecular complexity index is 573. The Morgan fingerprint density at radius 1 is 1.19 bits per heavy atom. The summed E-state index contributed by atoms with van der Waals surface area (Å²) in [7, 11) is 2.31. The van der Waals surface area contributed by atoms with E-state index in [-0.39, 0.29) is 0 Å². The van der Waals surface area contributed by atoms with E-state index >= 15 is 0 Å². The first-order chi connectivity index (χ1) is 10.3. The normalized spacial score (nSPS) is 29.9. The lowest BCUT2D eigenvalue weighted by Gasteiger charge is -2.47. The average Bonchev–Trinajstić information content (AvgIpc) is 2.88. The van der Waals surface area contributed by atoms with Gasteiger partial charge in [-0.3, -0.25) is 0 Å². The molecule has 0 radical (unpaired) electrons. The number of benzene rings is 1. The van der Waals surface area contributed by atoms with Crippen LogP contribution >= 0.6 is 0 Å². The van der Waals surface area contributed by atoms with Crippen molar-refractivity contribution in [3.05, 3.63) is 36.1 Å². The zero-order valence-electron chi connectivity index (χ0n) is 12.7. The lowest BCUT2D eigenvalue weighted by Crippen LogP contribution is -2.54. The van der Waals surface area contributed by atoms with Crippen molar-refractivity contribution in [1.29, 1.82) is 0 Å². The second-order valence-corrected chi connectivity index (χ2v) is 6.70. The highest BCUT2D eigenvalue weighted by molar-refractivity contribution is 5.77. The van der Waals surface area contributed by atoms with E-state index in [1.54, 1.807) is 0 Å². The first-order valence-electron chi connectivity index (χ1n) is 8.22. The molecule has 2 unspecified atom stereocenters. The van der Waals surface area contributed by atoms with Crippen LogP contribution in [0.4, 0.5) is 0 Å². The topological polar surface area (TPSA) is 28.4 Å². The van der Waals surface area contributed by atoms with Crippen LogP contribution in [0.5, 0.6) is 0 Å². The van der Waals surface area contributed by atoms with Crippen LogP contribution < -0.4 is 5.32 Å². The summed E-state index contributed by atoms with van der Waals surface area (Å²) in [4.78, 5) is 2.61. The highest BCUT2D eigenvalue weighted by Crippen LogP contribution is 2.32. The Morgan fingerprint density at radius 3 is 2.71 bits per heavy atom. The van der Waals surface area contributed by atoms with Gasteiger partial charge in [0.1, 0.15) is 11.3 Å². The molecule has 2 fully saturated rings. The number of fused-ring (bicyclic) bond motifs is 3. The van der Waals surface area contributed by atoms with Crippen molar-refractivity contribution < 1.29 is 4.42 Å². The summed E-state index contributed by atoms with van der Waals surface area (Å²) in [6.45, 7) is 0.850. The monoisotopic (exact) mass is 284 g/mol. The van der Waals surface area contributed by atoms with Crippen LogP contribution in [0.3, 0.4) is 0 Å². The number of rotatable bonds is 3. The van der Waals surface area contributed by atoms with Gasteiger partial charge in [0.25, 0.3) is 0 Å². The molecule has 21 heavy (non-hydrogen) atoms. The van der Waals surface area contributed by atoms with Crippen LogP contribution in [0, 0.1) is 0 Å². The van der Waals surface area contributed by atoms with E-state index < -0.39 is 0 Å². The molecule has 3 nitrogen and oxygen atoms in total. The number of furan rings is 1. The van der Waals surface area contributed by atoms with Gasteiger partial charge in [0, 0.05) is 23.5 Å². The molecule has 0 spiro atoms. The quantitative estimate of drug-likeness (QED) is 0.934. The molecular formula is C18H24N2O. The summed E-state index contributed by atoms with van der Waals surface area (Å²) in [5.74, 6) is 1.06. The SMILES string of the molecule is CN1C2CCCC1CC(NCc1cc3ccccc3o1)C2. The van der Waals surface area contributed by atoms with Crippen molar-refractivity contribution >= 4 is 11.0 Å². The van der Waals surface area contributed by atoms with Gasteiger partial charge in [0.2, 0.25) is 0 Å². The first-order valence-corrected chi connectivity index (χ1v) is 8.22. The fourth-order valence-electron chi connectivity index (χ4n) is 4.15. The van der Waals surface area contributed by atoms with Crippen molar-refractivity contribution in [3.8, 4) is 0 Å². The van der Waals surface area contributed by atoms with Crippen LogP contribution in [0.1, 0.15) is 37.9 Å². The molecule has 2 saturated heterocycles. The van der Waals surface area contributed by atoms with E-state index in [1.165, 1.54) is 37.5 Å². The number of nitrogens with zero attached hydrogens (tertiary/aromatic N) is 1. The molecule has 3 heteroatoms. The molecule has 2 bridgehead atoms. The van der Waals surface area contributed by atoms with Gasteiger partial charge in [-0.15, -0.1) is 0 Å². The molecule has 4 rings (SSSR count). The zero-order chi connectivity index (χ0) is 14.2. The predicted octanol–water partition coefficient (Wildman–Crippen LogP) is 3.54. The maximum absolute atomic E-state index is 5.90. The third kappa shape index (κ3) is 2.60. The van der Waals surface area contributed by atoms with Gasteiger partial charge in [-0.05, 0) is 44.9 Å². The summed E-state index contributed by atoms with van der Waals surface area (Å²) < 4.78 is 5.90. The Labute approximate surface area is 126 Å². The molecule has 112 valence electrons. The minimum Gasteiger partial charge on any atom is -0.460 e. The molecule has 2 aliphatic heterocycles. The average molecular weight is 284 g/mol. The Balaban J connectivity index is 1.40. The largest absolute Gasteiger partial charge is 0.460 e. The molecular weight excluding hydrogens is 260 g/mol. The molecule has 2 aliphatic rings. The highest BCUT2D eigenvalue weighted by atomic mass is 16.3. The van der Waals surface area contributed by atoms with Gasteiger partial charge >= 0.3 is 0 Å². The molecule has 2 aromatic rings. The van der Waals surface area contributed by atoms with Crippen molar-refractivity contribution in [1.82, 2.24) is 10.2 Å². The van der Waals surface area contributed by atoms with Crippen LogP contribution in [-0.2, 0) is 6.54 Å². The summed E-state index contributed by atoms with van der Waals surface area (Å²) >= 11 is 0. The van der Waals surface area contributed by atoms with Crippen LogP contribution in [0.15, 0.2) is 34.7 Å². The van der Waals surface area contributed by atoms with Gasteiger partial charge in [-0.25, -0.2) is 0 Å². The van der Waals surface area contributed by atoms with E-state index in [4.69, 9.17) is 4.42 Å². The third-order valence-corrected chi connectivity index (χ3v) is 5.38. The molecule has 2 atom stereocenters. The first kappa shape index (κ1) is 13.4. The van der Waals surface area contributed by atoms with Crippen molar-refractivity contribution in [2.75, 3.05) is 7.05 Å². The van der Waals surface area contributed by atoms with Gasteiger partial charge in [-0.1, -0.05) is 24.6 Å². The minimum atomic E-state index is 0.643. The van der Waals surface area contributed by atoms with Crippen LogP contribution in [-0.4, -0.2) is 30.1 Å². The third-order valence-electron chi connectivity index (χ3n) is 5.38. The molecule has 0 amide bonds. The summed E-state index contributed by atoms with van der Waals surface area (Å²) in [6, 6.07) is 12.6. The predicted molar refractivity (Wildman–Crippen MR) is 85.3 cm³/mol. The van der Waals surface area contributed by atoms with Gasteiger partial charge < -0.3 is 14.6 Å². The fraction of sp³-hybridized carbons (Fsp3) is 0.556. The second kappa shape index (κ2) is 5.47. The van der Waals surface area contributed by atoms with Gasteiger partial charge in [0.05, 0.1) is 6.54 Å². The number of piperidine rings is 2. The van der Waals surface area contributed by atoms with Gasteiger partial charge in [-0.2, -0.15) is 0 Å². The lowest BCUT2D eigenvalue weighted by atomic mass is 9.82. The Hall–Kier alpha value is -1.32. The molecule has 3 heterocycles. The maximum atomic E-state index is 5.90. The summed E-state index contributed by atoms with van der Waals surface area (Å²) in [6.07, 6.45) is 6.72. The van der Waals surface area contributed by atoms with Gasteiger partial charge in [0.15, 0.2) is 0 Å². The van der Waals surface area contributed by atoms with Crippen LogP contribution in [0.25, 0.3) is 11.0 Å². The zero-order valence-corrected chi connectivity index (χ0v) is 12.7. The van der Waals surface area contributed by atoms with Crippen LogP contribution in [0.2, 0.25) is 0 Å². The highest BCUT2D eigenvalue weighted by Gasteiger charge is 2.35. The number of hydrogen-bond donors (Lipinski definition) is 1. The number of hydrogen-bond acceptors (Lipinski definition) is 3. The molecule has 0 aliphatic carbocycles. The maximum Gasteiger partial charge on any atom is 0.134 e. The van der Waals surface area contributed by atoms with Crippen molar-refractivity contribution in [3.63, 3.8) is 0 Å². The summed E-state index contributed by atoms with van der Waals surface area (Å²) in [5.41, 5.74) is 0.995. The van der Waals surface area contributed by atoms with Crippen molar-refractivity contribution in [2.24, 2.45) is 0 Å². The van der Waals surface area contributed by atoms with E-state index in [0.29, 0.717) is 6.04 Å². The standard InChI is InChI=1S/C18H24N2O/c1-20-15-6-4-7-16(20)11-14(10-15)19-12-17-9-13-5-2-3-8-18(13)21-17/h2-3,5,8-9,14-16,19H,4,6-7,10-12H2,1H3. The fourth-order valence-corrected chi connectivity index (χ4v) is 4.15. The second-order valence-electron chi connectivity index (χ2n) is 6.70. The van der Waals surface area contributed by atoms with E-state index in [0.717, 1.165) is 30.0 Å². The number of para-hydroxylation sites is 1. The Morgan fingerprint density at radius 2 is 1.95 bits per heavy atom. The number of nitrogens with one attached hydrogen (secondary N) is 1. The molecule has 1 aromatic carbocycles.